The number of hydrogen-bond donors (Lipinski definition) is 0. The first-order valence-electron chi connectivity index (χ1n) is 14.6. The molecule has 4 aromatic rings. The maximum absolute atomic E-state index is 6.23. The smallest absolute Gasteiger partial charge is 0.130 e. The summed E-state index contributed by atoms with van der Waals surface area (Å²) in [6.07, 6.45) is 0. The lowest BCUT2D eigenvalue weighted by Gasteiger charge is -2.37. The number of rotatable bonds is 10. The molecule has 5 rings (SSSR count). The highest BCUT2D eigenvalue weighted by Crippen LogP contribution is 2.51. The average molecular weight is 567 g/mol. The van der Waals surface area contributed by atoms with Crippen LogP contribution in [0.15, 0.2) is 72.8 Å². The Morgan fingerprint density at radius 2 is 0.905 bits per heavy atom. The lowest BCUT2D eigenvalue weighted by Crippen LogP contribution is -2.24. The summed E-state index contributed by atoms with van der Waals surface area (Å²) in [6, 6.07) is 25.1. The highest BCUT2D eigenvalue weighted by atomic mass is 16.5. The molecular weight excluding hydrogens is 524 g/mol. The van der Waals surface area contributed by atoms with Gasteiger partial charge < -0.3 is 28.7 Å². The van der Waals surface area contributed by atoms with Crippen LogP contribution in [0.1, 0.15) is 27.7 Å². The van der Waals surface area contributed by atoms with Crippen molar-refractivity contribution in [3.05, 3.63) is 72.8 Å². The Kier molecular flexibility index (Phi) is 8.53. The van der Waals surface area contributed by atoms with Crippen molar-refractivity contribution in [3.8, 4) is 45.3 Å². The second kappa shape index (κ2) is 12.3. The second-order valence-electron chi connectivity index (χ2n) is 11.6. The molecule has 0 radical (unpaired) electrons. The fourth-order valence-electron chi connectivity index (χ4n) is 5.41. The molecule has 1 aliphatic heterocycles. The van der Waals surface area contributed by atoms with Gasteiger partial charge in [0.05, 0.1) is 61.3 Å². The van der Waals surface area contributed by atoms with E-state index in [1.165, 1.54) is 0 Å². The second-order valence-corrected chi connectivity index (χ2v) is 11.6. The first-order chi connectivity index (χ1) is 20.2. The number of ether oxygens (including phenoxy) is 4. The van der Waals surface area contributed by atoms with E-state index >= 15 is 0 Å². The summed E-state index contributed by atoms with van der Waals surface area (Å²) in [4.78, 5) is 4.50. The normalized spacial score (nSPS) is 12.3. The van der Waals surface area contributed by atoms with Crippen molar-refractivity contribution >= 4 is 22.7 Å². The molecule has 0 saturated heterocycles. The van der Waals surface area contributed by atoms with Gasteiger partial charge in [-0.05, 0) is 71.5 Å². The Labute approximate surface area is 250 Å². The Hall–Kier alpha value is -4.32. The molecule has 0 fully saturated rings. The number of nitrogens with zero attached hydrogens (tertiary/aromatic N) is 2. The minimum Gasteiger partial charge on any atom is -0.496 e. The van der Waals surface area contributed by atoms with Crippen molar-refractivity contribution in [2.75, 3.05) is 51.3 Å². The molecule has 0 aliphatic carbocycles. The third-order valence-electron chi connectivity index (χ3n) is 7.53. The van der Waals surface area contributed by atoms with Gasteiger partial charge in [-0.25, -0.2) is 0 Å². The zero-order valence-electron chi connectivity index (χ0n) is 26.0. The van der Waals surface area contributed by atoms with Crippen LogP contribution >= 0.6 is 0 Å². The van der Waals surface area contributed by atoms with E-state index in [-0.39, 0.29) is 0 Å². The molecule has 0 bridgehead atoms. The quantitative estimate of drug-likeness (QED) is 0.191. The molecule has 1 heterocycles. The standard InChI is InChI=1S/C36H42N2O4/c1-23(2)21-41-33-13-9-11-31(39-7)35(33)25-15-17-27-29(19-25)37(5)28-18-16-26(20-30(28)38(27)6)36-32(40-8)12-10-14-34(36)42-22-24(3)4/h9-20,23-24H,21-22H2,1-8H3. The number of anilines is 4. The Bertz CT molecular complexity index is 1450. The van der Waals surface area contributed by atoms with Crippen molar-refractivity contribution in [2.24, 2.45) is 11.8 Å². The van der Waals surface area contributed by atoms with Crippen LogP contribution in [0, 0.1) is 11.8 Å². The molecule has 0 aromatic heterocycles. The molecule has 0 saturated carbocycles. The topological polar surface area (TPSA) is 43.4 Å². The molecule has 0 amide bonds. The molecule has 0 spiro atoms. The van der Waals surface area contributed by atoms with Gasteiger partial charge in [-0.15, -0.1) is 0 Å². The summed E-state index contributed by atoms with van der Waals surface area (Å²) < 4.78 is 24.0. The Morgan fingerprint density at radius 3 is 1.26 bits per heavy atom. The summed E-state index contributed by atoms with van der Waals surface area (Å²) in [5.74, 6) is 4.07. The van der Waals surface area contributed by atoms with Crippen LogP contribution in [0.3, 0.4) is 0 Å². The first-order valence-corrected chi connectivity index (χ1v) is 14.6. The fraction of sp³-hybridized carbons (Fsp3) is 0.333. The monoisotopic (exact) mass is 566 g/mol. The third-order valence-corrected chi connectivity index (χ3v) is 7.53. The zero-order valence-corrected chi connectivity index (χ0v) is 26.0. The largest absolute Gasteiger partial charge is 0.496 e. The maximum atomic E-state index is 6.23. The van der Waals surface area contributed by atoms with Gasteiger partial charge in [0.15, 0.2) is 0 Å². The molecule has 4 aromatic carbocycles. The Balaban J connectivity index is 1.56. The van der Waals surface area contributed by atoms with Crippen LogP contribution in [0.25, 0.3) is 22.3 Å². The van der Waals surface area contributed by atoms with Crippen LogP contribution < -0.4 is 28.7 Å². The van der Waals surface area contributed by atoms with Gasteiger partial charge >= 0.3 is 0 Å². The number of methoxy groups -OCH3 is 2. The van der Waals surface area contributed by atoms with Gasteiger partial charge in [0.1, 0.15) is 23.0 Å². The predicted molar refractivity (Wildman–Crippen MR) is 174 cm³/mol. The minimum atomic E-state index is 0.419. The van der Waals surface area contributed by atoms with E-state index in [0.717, 1.165) is 68.0 Å². The number of fused-ring (bicyclic) bond motifs is 2. The Morgan fingerprint density at radius 1 is 0.524 bits per heavy atom. The molecule has 42 heavy (non-hydrogen) atoms. The fourth-order valence-corrected chi connectivity index (χ4v) is 5.41. The van der Waals surface area contributed by atoms with Gasteiger partial charge in [-0.1, -0.05) is 52.0 Å². The van der Waals surface area contributed by atoms with Crippen LogP contribution in [-0.2, 0) is 0 Å². The van der Waals surface area contributed by atoms with Crippen LogP contribution in [0.4, 0.5) is 22.7 Å². The highest BCUT2D eigenvalue weighted by Gasteiger charge is 2.27. The van der Waals surface area contributed by atoms with E-state index in [0.29, 0.717) is 25.0 Å². The highest BCUT2D eigenvalue weighted by molar-refractivity contribution is 5.97. The summed E-state index contributed by atoms with van der Waals surface area (Å²) in [6.45, 7) is 9.89. The summed E-state index contributed by atoms with van der Waals surface area (Å²) in [5, 5.41) is 0. The van der Waals surface area contributed by atoms with E-state index in [1.54, 1.807) is 14.2 Å². The average Bonchev–Trinajstić information content (AvgIpc) is 3.00. The number of hydrogen-bond acceptors (Lipinski definition) is 6. The summed E-state index contributed by atoms with van der Waals surface area (Å²) >= 11 is 0. The van der Waals surface area contributed by atoms with E-state index in [2.05, 4.69) is 88.0 Å². The van der Waals surface area contributed by atoms with Crippen LogP contribution in [0.5, 0.6) is 23.0 Å². The van der Waals surface area contributed by atoms with E-state index in [9.17, 15) is 0 Å². The van der Waals surface area contributed by atoms with Gasteiger partial charge in [0.2, 0.25) is 0 Å². The van der Waals surface area contributed by atoms with Crippen molar-refractivity contribution in [3.63, 3.8) is 0 Å². The SMILES string of the molecule is COc1cccc(OCC(C)C)c1-c1ccc2c(c1)N(C)c1ccc(-c3c(OC)cccc3OCC(C)C)cc1N2C. The van der Waals surface area contributed by atoms with Gasteiger partial charge in [0.25, 0.3) is 0 Å². The lowest BCUT2D eigenvalue weighted by atomic mass is 9.97. The molecule has 0 N–H and O–H groups in total. The van der Waals surface area contributed by atoms with Crippen molar-refractivity contribution in [1.29, 1.82) is 0 Å². The van der Waals surface area contributed by atoms with E-state index < -0.39 is 0 Å². The number of benzene rings is 4. The van der Waals surface area contributed by atoms with Gasteiger partial charge in [-0.2, -0.15) is 0 Å². The first kappa shape index (κ1) is 29.2. The third kappa shape index (κ3) is 5.58. The van der Waals surface area contributed by atoms with Crippen LogP contribution in [-0.4, -0.2) is 41.5 Å². The summed E-state index contributed by atoms with van der Waals surface area (Å²) in [5.41, 5.74) is 8.46. The zero-order chi connectivity index (χ0) is 30.0. The molecule has 0 unspecified atom stereocenters. The molecule has 1 aliphatic rings. The van der Waals surface area contributed by atoms with Crippen molar-refractivity contribution in [2.45, 2.75) is 27.7 Å². The predicted octanol–water partition coefficient (Wildman–Crippen LogP) is 8.96. The van der Waals surface area contributed by atoms with Gasteiger partial charge in [-0.3, -0.25) is 0 Å². The van der Waals surface area contributed by atoms with Crippen molar-refractivity contribution in [1.82, 2.24) is 0 Å². The molecule has 6 nitrogen and oxygen atoms in total. The minimum absolute atomic E-state index is 0.419. The lowest BCUT2D eigenvalue weighted by molar-refractivity contribution is 0.271. The summed E-state index contributed by atoms with van der Waals surface area (Å²) in [7, 11) is 7.65. The maximum Gasteiger partial charge on any atom is 0.130 e. The molecule has 0 atom stereocenters. The van der Waals surface area contributed by atoms with Crippen LogP contribution in [0.2, 0.25) is 0 Å². The van der Waals surface area contributed by atoms with Crippen molar-refractivity contribution < 1.29 is 18.9 Å². The molecule has 220 valence electrons. The molecular formula is C36H42N2O4. The molecule has 6 heteroatoms. The van der Waals surface area contributed by atoms with E-state index in [4.69, 9.17) is 18.9 Å². The van der Waals surface area contributed by atoms with Gasteiger partial charge in [0, 0.05) is 14.1 Å². The van der Waals surface area contributed by atoms with E-state index in [1.807, 2.05) is 36.4 Å².